The Morgan fingerprint density at radius 3 is 2.78 bits per heavy atom. The maximum Gasteiger partial charge on any atom is 0.259 e. The highest BCUT2D eigenvalue weighted by atomic mass is 19.1. The highest BCUT2D eigenvalue weighted by Crippen LogP contribution is 2.39. The number of hydrogen-bond donors (Lipinski definition) is 1. The first kappa shape index (κ1) is 17.5. The number of aryl methyl sites for hydroxylation is 2. The predicted molar refractivity (Wildman–Crippen MR) is 98.9 cm³/mol. The molecule has 140 valence electrons. The van der Waals surface area contributed by atoms with E-state index in [1.165, 1.54) is 12.1 Å². The van der Waals surface area contributed by atoms with E-state index in [9.17, 15) is 9.18 Å². The minimum Gasteiger partial charge on any atom is -0.339 e. The van der Waals surface area contributed by atoms with Crippen LogP contribution in [0.3, 0.4) is 0 Å². The van der Waals surface area contributed by atoms with Crippen LogP contribution in [0, 0.1) is 26.6 Å². The van der Waals surface area contributed by atoms with Crippen LogP contribution in [0.15, 0.2) is 28.8 Å². The number of hydrogen-bond acceptors (Lipinski definition) is 4. The topological polar surface area (TPSA) is 73.0 Å². The van der Waals surface area contributed by atoms with Gasteiger partial charge in [0.2, 0.25) is 5.91 Å². The van der Waals surface area contributed by atoms with E-state index in [4.69, 9.17) is 4.52 Å². The second-order valence-corrected chi connectivity index (χ2v) is 7.11. The number of benzene rings is 1. The molecular weight excluding hydrogens is 347 g/mol. The summed E-state index contributed by atoms with van der Waals surface area (Å²) < 4.78 is 20.5. The summed E-state index contributed by atoms with van der Waals surface area (Å²) in [5, 5.41) is 6.90. The average Bonchev–Trinajstić information content (AvgIpc) is 3.30. The molecule has 4 rings (SSSR count). The third-order valence-corrected chi connectivity index (χ3v) is 4.95. The highest BCUT2D eigenvalue weighted by Gasteiger charge is 2.29. The van der Waals surface area contributed by atoms with E-state index >= 15 is 0 Å². The predicted octanol–water partition coefficient (Wildman–Crippen LogP) is 4.12. The molecular formula is C20H21FN4O2. The highest BCUT2D eigenvalue weighted by molar-refractivity contribution is 5.91. The lowest BCUT2D eigenvalue weighted by Crippen LogP contribution is -2.20. The van der Waals surface area contributed by atoms with E-state index in [-0.39, 0.29) is 18.3 Å². The van der Waals surface area contributed by atoms with Crippen molar-refractivity contribution in [3.8, 4) is 11.5 Å². The van der Waals surface area contributed by atoms with Crippen molar-refractivity contribution in [1.82, 2.24) is 14.7 Å². The molecule has 1 amide bonds. The van der Waals surface area contributed by atoms with Crippen LogP contribution in [0.25, 0.3) is 11.5 Å². The summed E-state index contributed by atoms with van der Waals surface area (Å²) in [6.07, 6.45) is 2.22. The Labute approximate surface area is 156 Å². The molecule has 27 heavy (non-hydrogen) atoms. The van der Waals surface area contributed by atoms with Gasteiger partial charge in [-0.3, -0.25) is 4.79 Å². The molecule has 1 aromatic carbocycles. The van der Waals surface area contributed by atoms with Crippen molar-refractivity contribution < 1.29 is 13.7 Å². The van der Waals surface area contributed by atoms with E-state index in [0.717, 1.165) is 35.6 Å². The molecule has 3 aromatic rings. The quantitative estimate of drug-likeness (QED) is 0.735. The molecule has 6 nitrogen and oxygen atoms in total. The molecule has 0 aliphatic heterocycles. The van der Waals surface area contributed by atoms with Gasteiger partial charge in [0.05, 0.1) is 5.56 Å². The van der Waals surface area contributed by atoms with Gasteiger partial charge in [-0.05, 0) is 63.4 Å². The van der Waals surface area contributed by atoms with Crippen LogP contribution in [0.5, 0.6) is 0 Å². The number of carbonyl (C=O) groups is 1. The van der Waals surface area contributed by atoms with Crippen molar-refractivity contribution in [3.63, 3.8) is 0 Å². The van der Waals surface area contributed by atoms with Crippen molar-refractivity contribution in [2.45, 2.75) is 46.1 Å². The molecule has 2 heterocycles. The first-order chi connectivity index (χ1) is 12.9. The number of nitrogens with one attached hydrogen (secondary N) is 1. The van der Waals surface area contributed by atoms with Gasteiger partial charge in [-0.2, -0.15) is 4.98 Å². The Balaban J connectivity index is 1.53. The van der Waals surface area contributed by atoms with Crippen LogP contribution in [0.4, 0.5) is 10.1 Å². The minimum atomic E-state index is -0.322. The van der Waals surface area contributed by atoms with E-state index in [0.29, 0.717) is 23.1 Å². The van der Waals surface area contributed by atoms with Crippen LogP contribution >= 0.6 is 0 Å². The maximum absolute atomic E-state index is 13.2. The second kappa shape index (κ2) is 6.64. The third-order valence-electron chi connectivity index (χ3n) is 4.95. The average molecular weight is 368 g/mol. The number of carbonyl (C=O) groups excluding carboxylic acids is 1. The van der Waals surface area contributed by atoms with Gasteiger partial charge < -0.3 is 14.4 Å². The lowest BCUT2D eigenvalue weighted by molar-refractivity contribution is -0.116. The fourth-order valence-corrected chi connectivity index (χ4v) is 3.21. The first-order valence-electron chi connectivity index (χ1n) is 8.99. The van der Waals surface area contributed by atoms with Gasteiger partial charge in [-0.1, -0.05) is 5.16 Å². The summed E-state index contributed by atoms with van der Waals surface area (Å²) in [4.78, 5) is 17.0. The van der Waals surface area contributed by atoms with Crippen LogP contribution in [-0.2, 0) is 11.3 Å². The fraction of sp³-hybridized carbons (Fsp3) is 0.350. The molecule has 1 fully saturated rings. The Morgan fingerprint density at radius 1 is 1.30 bits per heavy atom. The number of anilines is 1. The van der Waals surface area contributed by atoms with Crippen molar-refractivity contribution in [1.29, 1.82) is 0 Å². The molecule has 0 unspecified atom stereocenters. The van der Waals surface area contributed by atoms with Gasteiger partial charge in [0.25, 0.3) is 5.89 Å². The monoisotopic (exact) mass is 368 g/mol. The lowest BCUT2D eigenvalue weighted by Gasteiger charge is -2.12. The largest absolute Gasteiger partial charge is 0.339 e. The molecule has 1 aliphatic carbocycles. The van der Waals surface area contributed by atoms with Crippen molar-refractivity contribution in [3.05, 3.63) is 52.9 Å². The SMILES string of the molecule is Cc1cc(F)ccc1NC(=O)Cn1c(C)cc(-c2nc(C3CC3)no2)c1C. The van der Waals surface area contributed by atoms with Crippen LogP contribution < -0.4 is 5.32 Å². The number of nitrogens with zero attached hydrogens (tertiary/aromatic N) is 3. The van der Waals surface area contributed by atoms with Gasteiger partial charge in [-0.25, -0.2) is 4.39 Å². The van der Waals surface area contributed by atoms with E-state index in [2.05, 4.69) is 15.5 Å². The van der Waals surface area contributed by atoms with Gasteiger partial charge >= 0.3 is 0 Å². The van der Waals surface area contributed by atoms with E-state index in [1.54, 1.807) is 13.0 Å². The standard InChI is InChI=1S/C20H21FN4O2/c1-11-8-15(21)6-7-17(11)22-18(26)10-25-12(2)9-16(13(25)3)20-23-19(24-27-20)14-4-5-14/h6-9,14H,4-5,10H2,1-3H3,(H,22,26). The van der Waals surface area contributed by atoms with Gasteiger partial charge in [0, 0.05) is 23.0 Å². The Morgan fingerprint density at radius 2 is 2.07 bits per heavy atom. The van der Waals surface area contributed by atoms with E-state index < -0.39 is 0 Å². The van der Waals surface area contributed by atoms with Gasteiger partial charge in [0.15, 0.2) is 5.82 Å². The van der Waals surface area contributed by atoms with Crippen LogP contribution in [0.1, 0.15) is 41.5 Å². The third kappa shape index (κ3) is 3.49. The van der Waals surface area contributed by atoms with Crippen LogP contribution in [-0.4, -0.2) is 20.6 Å². The Kier molecular flexibility index (Phi) is 4.30. The van der Waals surface area contributed by atoms with Gasteiger partial charge in [0.1, 0.15) is 12.4 Å². The Bertz CT molecular complexity index is 1020. The molecule has 0 saturated heterocycles. The molecule has 0 atom stereocenters. The van der Waals surface area contributed by atoms with Crippen LogP contribution in [0.2, 0.25) is 0 Å². The first-order valence-corrected chi connectivity index (χ1v) is 8.99. The number of rotatable bonds is 5. The zero-order valence-corrected chi connectivity index (χ0v) is 15.5. The molecule has 0 bridgehead atoms. The van der Waals surface area contributed by atoms with Crippen molar-refractivity contribution in [2.75, 3.05) is 5.32 Å². The smallest absolute Gasteiger partial charge is 0.259 e. The second-order valence-electron chi connectivity index (χ2n) is 7.11. The fourth-order valence-electron chi connectivity index (χ4n) is 3.21. The molecule has 1 saturated carbocycles. The summed E-state index contributed by atoms with van der Waals surface area (Å²) >= 11 is 0. The Hall–Kier alpha value is -2.96. The molecule has 0 spiro atoms. The molecule has 1 aliphatic rings. The summed E-state index contributed by atoms with van der Waals surface area (Å²) in [5.74, 6) is 1.18. The summed E-state index contributed by atoms with van der Waals surface area (Å²) in [6, 6.07) is 6.25. The lowest BCUT2D eigenvalue weighted by atomic mass is 10.2. The number of aromatic nitrogens is 3. The van der Waals surface area contributed by atoms with Gasteiger partial charge in [-0.15, -0.1) is 0 Å². The zero-order valence-electron chi connectivity index (χ0n) is 15.5. The number of amides is 1. The summed E-state index contributed by atoms with van der Waals surface area (Å²) in [6.45, 7) is 5.78. The summed E-state index contributed by atoms with van der Waals surface area (Å²) in [7, 11) is 0. The molecule has 2 aromatic heterocycles. The zero-order chi connectivity index (χ0) is 19.1. The normalized spacial score (nSPS) is 13.8. The molecule has 1 N–H and O–H groups in total. The summed E-state index contributed by atoms with van der Waals surface area (Å²) in [5.41, 5.74) is 3.96. The van der Waals surface area contributed by atoms with Crippen molar-refractivity contribution >= 4 is 11.6 Å². The molecule has 7 heteroatoms. The van der Waals surface area contributed by atoms with Crippen molar-refractivity contribution in [2.24, 2.45) is 0 Å². The molecule has 0 radical (unpaired) electrons. The van der Waals surface area contributed by atoms with E-state index in [1.807, 2.05) is 24.5 Å². The maximum atomic E-state index is 13.2. The number of halogens is 1. The minimum absolute atomic E-state index is 0.151.